The number of nitrogens with one attached hydrogen (secondary N) is 1. The highest BCUT2D eigenvalue weighted by atomic mass is 32.2. The Balaban J connectivity index is 1.59. The molecule has 8 nitrogen and oxygen atoms in total. The van der Waals surface area contributed by atoms with Gasteiger partial charge in [0.1, 0.15) is 16.4 Å². The van der Waals surface area contributed by atoms with Crippen LogP contribution < -0.4 is 11.1 Å². The van der Waals surface area contributed by atoms with Crippen LogP contribution >= 0.6 is 23.1 Å². The fourth-order valence-corrected chi connectivity index (χ4v) is 5.70. The molecule has 146 valence electrons. The van der Waals surface area contributed by atoms with E-state index in [1.807, 2.05) is 19.4 Å². The standard InChI is InChI=1S/C17H24N6O2S2/c1-9-4-11-6-27-16(18)21-17(11,8-25-9)15-20-13(7-26-15)19-14(24)12-5-23(3)22-10(12)2/h5,7,9,11,14,19,24H,4,6,8H2,1-3H3,(H2,18,21)/t9-,11-,14?,17-/m0/s1. The third-order valence-electron chi connectivity index (χ3n) is 5.13. The lowest BCUT2D eigenvalue weighted by Crippen LogP contribution is -2.49. The second kappa shape index (κ2) is 7.08. The number of hydrogen-bond acceptors (Lipinski definition) is 9. The van der Waals surface area contributed by atoms with Crippen molar-refractivity contribution in [3.05, 3.63) is 27.8 Å². The number of fused-ring (bicyclic) bond motifs is 1. The number of anilines is 1. The van der Waals surface area contributed by atoms with Gasteiger partial charge in [0, 0.05) is 35.9 Å². The van der Waals surface area contributed by atoms with Crippen LogP contribution in [0.25, 0.3) is 0 Å². The molecule has 0 saturated carbocycles. The van der Waals surface area contributed by atoms with Gasteiger partial charge >= 0.3 is 0 Å². The molecular weight excluding hydrogens is 384 g/mol. The molecule has 0 aliphatic carbocycles. The highest BCUT2D eigenvalue weighted by molar-refractivity contribution is 8.13. The van der Waals surface area contributed by atoms with E-state index in [2.05, 4.69) is 17.3 Å². The van der Waals surface area contributed by atoms with Crippen LogP contribution in [0.1, 0.15) is 35.8 Å². The third-order valence-corrected chi connectivity index (χ3v) is 7.09. The molecule has 1 fully saturated rings. The molecule has 0 spiro atoms. The highest BCUT2D eigenvalue weighted by Crippen LogP contribution is 2.47. The molecule has 1 saturated heterocycles. The van der Waals surface area contributed by atoms with E-state index in [0.29, 0.717) is 23.5 Å². The number of aliphatic hydroxyl groups excluding tert-OH is 1. The Kier molecular flexibility index (Phi) is 4.91. The molecule has 4 heterocycles. The zero-order chi connectivity index (χ0) is 19.2. The summed E-state index contributed by atoms with van der Waals surface area (Å²) in [5.41, 5.74) is 7.04. The molecule has 2 aliphatic heterocycles. The van der Waals surface area contributed by atoms with Gasteiger partial charge in [-0.05, 0) is 20.3 Å². The number of hydrogen-bond donors (Lipinski definition) is 3. The largest absolute Gasteiger partial charge is 0.379 e. The van der Waals surface area contributed by atoms with E-state index in [1.54, 1.807) is 22.6 Å². The maximum atomic E-state index is 10.5. The number of nitrogens with two attached hydrogens (primary N) is 1. The van der Waals surface area contributed by atoms with Crippen LogP contribution in [0.15, 0.2) is 16.6 Å². The molecule has 27 heavy (non-hydrogen) atoms. The number of aromatic nitrogens is 3. The molecule has 4 N–H and O–H groups in total. The molecule has 0 aromatic carbocycles. The Labute approximate surface area is 166 Å². The van der Waals surface area contributed by atoms with Crippen molar-refractivity contribution in [2.24, 2.45) is 23.7 Å². The fourth-order valence-electron chi connectivity index (χ4n) is 3.72. The van der Waals surface area contributed by atoms with Crippen molar-refractivity contribution >= 4 is 34.1 Å². The first-order valence-corrected chi connectivity index (χ1v) is 10.7. The minimum atomic E-state index is -0.875. The van der Waals surface area contributed by atoms with Crippen LogP contribution in [-0.2, 0) is 17.3 Å². The van der Waals surface area contributed by atoms with Gasteiger partial charge in [0.15, 0.2) is 11.4 Å². The lowest BCUT2D eigenvalue weighted by Gasteiger charge is -2.44. The van der Waals surface area contributed by atoms with Crippen LogP contribution in [0, 0.1) is 12.8 Å². The van der Waals surface area contributed by atoms with Crippen molar-refractivity contribution < 1.29 is 9.84 Å². The summed E-state index contributed by atoms with van der Waals surface area (Å²) >= 11 is 3.13. The summed E-state index contributed by atoms with van der Waals surface area (Å²) in [5, 5.41) is 21.2. The van der Waals surface area contributed by atoms with E-state index in [0.717, 1.165) is 28.4 Å². The van der Waals surface area contributed by atoms with Gasteiger partial charge in [-0.15, -0.1) is 11.3 Å². The summed E-state index contributed by atoms with van der Waals surface area (Å²) in [6, 6.07) is 0. The van der Waals surface area contributed by atoms with Crippen LogP contribution in [0.3, 0.4) is 0 Å². The average Bonchev–Trinajstić information content (AvgIpc) is 3.21. The van der Waals surface area contributed by atoms with E-state index in [-0.39, 0.29) is 6.10 Å². The number of amidine groups is 1. The lowest BCUT2D eigenvalue weighted by atomic mass is 9.80. The van der Waals surface area contributed by atoms with Crippen molar-refractivity contribution in [1.29, 1.82) is 0 Å². The van der Waals surface area contributed by atoms with Gasteiger partial charge in [0.05, 0.1) is 18.4 Å². The molecular formula is C17H24N6O2S2. The van der Waals surface area contributed by atoms with E-state index in [1.165, 1.54) is 11.3 Å². The Bertz CT molecular complexity index is 865. The van der Waals surface area contributed by atoms with Gasteiger partial charge in [-0.1, -0.05) is 11.8 Å². The molecule has 0 bridgehead atoms. The van der Waals surface area contributed by atoms with Gasteiger partial charge in [0.25, 0.3) is 0 Å². The summed E-state index contributed by atoms with van der Waals surface area (Å²) in [4.78, 5) is 9.52. The Morgan fingerprint density at radius 3 is 3.07 bits per heavy atom. The number of thioether (sulfide) groups is 1. The minimum Gasteiger partial charge on any atom is -0.379 e. The van der Waals surface area contributed by atoms with Gasteiger partial charge in [-0.3, -0.25) is 4.68 Å². The first kappa shape index (κ1) is 18.7. The van der Waals surface area contributed by atoms with Crippen molar-refractivity contribution in [3.8, 4) is 0 Å². The maximum Gasteiger partial charge on any atom is 0.155 e. The van der Waals surface area contributed by atoms with Crippen molar-refractivity contribution in [1.82, 2.24) is 14.8 Å². The van der Waals surface area contributed by atoms with Gasteiger partial charge in [0.2, 0.25) is 0 Å². The fraction of sp³-hybridized carbons (Fsp3) is 0.588. The predicted molar refractivity (Wildman–Crippen MR) is 108 cm³/mol. The average molecular weight is 409 g/mol. The van der Waals surface area contributed by atoms with E-state index in [9.17, 15) is 5.11 Å². The van der Waals surface area contributed by atoms with Gasteiger partial charge < -0.3 is 20.9 Å². The molecule has 4 rings (SSSR count). The lowest BCUT2D eigenvalue weighted by molar-refractivity contribution is -0.0466. The maximum absolute atomic E-state index is 10.5. The predicted octanol–water partition coefficient (Wildman–Crippen LogP) is 1.97. The first-order valence-electron chi connectivity index (χ1n) is 8.88. The number of rotatable bonds is 4. The van der Waals surface area contributed by atoms with Crippen LogP contribution in [0.2, 0.25) is 0 Å². The quantitative estimate of drug-likeness (QED) is 0.663. The third kappa shape index (κ3) is 3.46. The number of nitrogens with zero attached hydrogens (tertiary/aromatic N) is 4. The Morgan fingerprint density at radius 2 is 2.33 bits per heavy atom. The van der Waals surface area contributed by atoms with Crippen LogP contribution in [-0.4, -0.2) is 43.5 Å². The van der Waals surface area contributed by atoms with Crippen molar-refractivity contribution in [3.63, 3.8) is 0 Å². The normalized spacial score (nSPS) is 29.1. The summed E-state index contributed by atoms with van der Waals surface area (Å²) in [6.45, 7) is 4.45. The van der Waals surface area contributed by atoms with Crippen molar-refractivity contribution in [2.45, 2.75) is 38.1 Å². The second-order valence-electron chi connectivity index (χ2n) is 7.17. The van der Waals surface area contributed by atoms with Gasteiger partial charge in [-0.25, -0.2) is 9.98 Å². The number of thiazole rings is 1. The minimum absolute atomic E-state index is 0.214. The highest BCUT2D eigenvalue weighted by Gasteiger charge is 2.49. The zero-order valence-corrected chi connectivity index (χ0v) is 17.2. The Hall–Kier alpha value is -1.62. The monoisotopic (exact) mass is 408 g/mol. The molecule has 10 heteroatoms. The number of aliphatic hydroxyl groups is 1. The summed E-state index contributed by atoms with van der Waals surface area (Å²) in [7, 11) is 1.83. The van der Waals surface area contributed by atoms with Gasteiger partial charge in [-0.2, -0.15) is 5.10 Å². The molecule has 2 aromatic rings. The number of aliphatic imine (C=N–C) groups is 1. The van der Waals surface area contributed by atoms with E-state index in [4.69, 9.17) is 20.4 Å². The molecule has 0 amide bonds. The van der Waals surface area contributed by atoms with Crippen LogP contribution in [0.4, 0.5) is 5.82 Å². The molecule has 0 radical (unpaired) electrons. The molecule has 4 atom stereocenters. The summed E-state index contributed by atoms with van der Waals surface area (Å²) in [5.74, 6) is 1.87. The smallest absolute Gasteiger partial charge is 0.155 e. The SMILES string of the molecule is Cc1nn(C)cc1C(O)Nc1csc([C@]23CO[C@@H](C)C[C@H]2CSC(N)=N3)n1. The Morgan fingerprint density at radius 1 is 1.52 bits per heavy atom. The van der Waals surface area contributed by atoms with Crippen molar-refractivity contribution in [2.75, 3.05) is 17.7 Å². The zero-order valence-electron chi connectivity index (χ0n) is 15.5. The van der Waals surface area contributed by atoms with E-state index >= 15 is 0 Å². The second-order valence-corrected chi connectivity index (χ2v) is 9.07. The molecule has 2 aromatic heterocycles. The van der Waals surface area contributed by atoms with Crippen LogP contribution in [0.5, 0.6) is 0 Å². The molecule has 2 aliphatic rings. The summed E-state index contributed by atoms with van der Waals surface area (Å²) < 4.78 is 7.63. The van der Waals surface area contributed by atoms with E-state index < -0.39 is 11.8 Å². The number of aryl methyl sites for hydroxylation is 2. The number of ether oxygens (including phenoxy) is 1. The molecule has 1 unspecified atom stereocenters. The summed E-state index contributed by atoms with van der Waals surface area (Å²) in [6.07, 6.45) is 2.07. The first-order chi connectivity index (χ1) is 12.9. The topological polar surface area (TPSA) is 111 Å².